The van der Waals surface area contributed by atoms with Gasteiger partial charge in [0.05, 0.1) is 17.6 Å². The highest BCUT2D eigenvalue weighted by Gasteiger charge is 2.12. The predicted octanol–water partition coefficient (Wildman–Crippen LogP) is 6.61. The Bertz CT molecular complexity index is 1320. The van der Waals surface area contributed by atoms with Gasteiger partial charge in [0.15, 0.2) is 0 Å². The molecule has 5 nitrogen and oxygen atoms in total. The van der Waals surface area contributed by atoms with Crippen molar-refractivity contribution in [3.8, 4) is 5.75 Å². The molecule has 36 heavy (non-hydrogen) atoms. The van der Waals surface area contributed by atoms with Gasteiger partial charge in [0.25, 0.3) is 5.91 Å². The van der Waals surface area contributed by atoms with E-state index in [0.29, 0.717) is 31.1 Å². The molecule has 1 N–H and O–H groups in total. The van der Waals surface area contributed by atoms with Crippen LogP contribution in [0.4, 0.5) is 0 Å². The van der Waals surface area contributed by atoms with Crippen molar-refractivity contribution in [2.75, 3.05) is 13.2 Å². The predicted molar refractivity (Wildman–Crippen MR) is 147 cm³/mol. The summed E-state index contributed by atoms with van der Waals surface area (Å²) in [5, 5.41) is 3.05. The number of ether oxygens (including phenoxy) is 1. The first kappa shape index (κ1) is 25.5. The Morgan fingerprint density at radius 2 is 1.78 bits per heavy atom. The van der Waals surface area contributed by atoms with Gasteiger partial charge in [-0.05, 0) is 74.1 Å². The number of nitrogens with one attached hydrogen (secondary N) is 1. The van der Waals surface area contributed by atoms with Gasteiger partial charge in [0.1, 0.15) is 11.6 Å². The zero-order valence-corrected chi connectivity index (χ0v) is 21.9. The Morgan fingerprint density at radius 1 is 0.972 bits per heavy atom. The van der Waals surface area contributed by atoms with Gasteiger partial charge >= 0.3 is 0 Å². The molecule has 0 aliphatic carbocycles. The monoisotopic (exact) mass is 483 g/mol. The van der Waals surface area contributed by atoms with Gasteiger partial charge in [-0.3, -0.25) is 4.79 Å². The normalized spacial score (nSPS) is 11.2. The van der Waals surface area contributed by atoms with Gasteiger partial charge in [-0.1, -0.05) is 55.8 Å². The molecule has 0 unspecified atom stereocenters. The molecule has 5 heteroatoms. The molecule has 1 heterocycles. The summed E-state index contributed by atoms with van der Waals surface area (Å²) in [4.78, 5) is 17.4. The van der Waals surface area contributed by atoms with Gasteiger partial charge in [0.2, 0.25) is 0 Å². The van der Waals surface area contributed by atoms with Crippen molar-refractivity contribution in [3.05, 3.63) is 94.8 Å². The minimum Gasteiger partial charge on any atom is -0.493 e. The molecule has 4 aromatic rings. The van der Waals surface area contributed by atoms with Crippen molar-refractivity contribution >= 4 is 16.9 Å². The lowest BCUT2D eigenvalue weighted by molar-refractivity contribution is 0.0954. The molecule has 188 valence electrons. The number of aromatic nitrogens is 2. The maximum atomic E-state index is 12.5. The second kappa shape index (κ2) is 11.9. The van der Waals surface area contributed by atoms with Crippen LogP contribution in [-0.2, 0) is 13.0 Å². The highest BCUT2D eigenvalue weighted by Crippen LogP contribution is 2.27. The Hall–Kier alpha value is -3.60. The summed E-state index contributed by atoms with van der Waals surface area (Å²) in [6.07, 6.45) is 2.64. The fourth-order valence-corrected chi connectivity index (χ4v) is 4.54. The first-order valence-electron chi connectivity index (χ1n) is 12.9. The molecular weight excluding hydrogens is 446 g/mol. The van der Waals surface area contributed by atoms with E-state index in [2.05, 4.69) is 67.1 Å². The lowest BCUT2D eigenvalue weighted by Crippen LogP contribution is -2.26. The number of hydrogen-bond donors (Lipinski definition) is 1. The second-order valence-corrected chi connectivity index (χ2v) is 9.80. The van der Waals surface area contributed by atoms with E-state index in [4.69, 9.17) is 9.72 Å². The lowest BCUT2D eigenvalue weighted by Gasteiger charge is -2.15. The summed E-state index contributed by atoms with van der Waals surface area (Å²) in [5.74, 6) is 2.40. The number of para-hydroxylation sites is 2. The van der Waals surface area contributed by atoms with E-state index in [9.17, 15) is 4.79 Å². The Balaban J connectivity index is 1.35. The third-order valence-corrected chi connectivity index (χ3v) is 6.47. The minimum absolute atomic E-state index is 0.0459. The smallest absolute Gasteiger partial charge is 0.251 e. The first-order valence-corrected chi connectivity index (χ1v) is 12.9. The van der Waals surface area contributed by atoms with E-state index in [1.165, 1.54) is 11.1 Å². The quantitative estimate of drug-likeness (QED) is 0.244. The fraction of sp³-hybridized carbons (Fsp3) is 0.355. The Labute approximate surface area is 214 Å². The van der Waals surface area contributed by atoms with Crippen LogP contribution in [0.1, 0.15) is 65.5 Å². The molecule has 0 bridgehead atoms. The van der Waals surface area contributed by atoms with Gasteiger partial charge in [-0.15, -0.1) is 0 Å². The summed E-state index contributed by atoms with van der Waals surface area (Å²) >= 11 is 0. The molecule has 3 aromatic carbocycles. The number of carbonyl (C=O) groups excluding carboxylic acids is 1. The molecule has 4 rings (SSSR count). The van der Waals surface area contributed by atoms with Crippen molar-refractivity contribution in [1.82, 2.24) is 14.9 Å². The molecule has 0 saturated carbocycles. The van der Waals surface area contributed by atoms with Crippen molar-refractivity contribution < 1.29 is 9.53 Å². The van der Waals surface area contributed by atoms with Crippen LogP contribution < -0.4 is 10.1 Å². The van der Waals surface area contributed by atoms with E-state index >= 15 is 0 Å². The second-order valence-electron chi connectivity index (χ2n) is 9.80. The Morgan fingerprint density at radius 3 is 2.58 bits per heavy atom. The van der Waals surface area contributed by atoms with Gasteiger partial charge in [-0.25, -0.2) is 4.98 Å². The number of imidazole rings is 1. The minimum atomic E-state index is -0.0459. The number of amides is 1. The molecule has 0 aliphatic heterocycles. The first-order chi connectivity index (χ1) is 17.4. The average Bonchev–Trinajstić information content (AvgIpc) is 3.21. The van der Waals surface area contributed by atoms with E-state index < -0.39 is 0 Å². The molecule has 0 radical (unpaired) electrons. The molecule has 1 aromatic heterocycles. The Kier molecular flexibility index (Phi) is 8.42. The molecule has 0 spiro atoms. The number of hydrogen-bond acceptors (Lipinski definition) is 3. The van der Waals surface area contributed by atoms with Crippen LogP contribution in [0.3, 0.4) is 0 Å². The summed E-state index contributed by atoms with van der Waals surface area (Å²) in [6, 6.07) is 22.4. The average molecular weight is 484 g/mol. The van der Waals surface area contributed by atoms with Gasteiger partial charge in [0, 0.05) is 25.1 Å². The van der Waals surface area contributed by atoms with E-state index in [1.54, 1.807) is 0 Å². The molecule has 1 amide bonds. The van der Waals surface area contributed by atoms with Crippen molar-refractivity contribution in [2.24, 2.45) is 0 Å². The molecule has 0 fully saturated rings. The number of carbonyl (C=O) groups is 1. The number of benzene rings is 3. The lowest BCUT2D eigenvalue weighted by atomic mass is 10.0. The maximum Gasteiger partial charge on any atom is 0.251 e. The summed E-state index contributed by atoms with van der Waals surface area (Å²) in [6.45, 7) is 10.6. The third kappa shape index (κ3) is 6.34. The van der Waals surface area contributed by atoms with Crippen LogP contribution in [0.2, 0.25) is 0 Å². The van der Waals surface area contributed by atoms with Crippen LogP contribution in [0.25, 0.3) is 11.0 Å². The summed E-state index contributed by atoms with van der Waals surface area (Å²) in [5.41, 5.74) is 6.39. The largest absolute Gasteiger partial charge is 0.493 e. The third-order valence-electron chi connectivity index (χ3n) is 6.47. The molecular formula is C31H37N3O2. The summed E-state index contributed by atoms with van der Waals surface area (Å²) < 4.78 is 8.48. The van der Waals surface area contributed by atoms with Crippen LogP contribution in [0.15, 0.2) is 66.7 Å². The number of aryl methyl sites for hydroxylation is 3. The van der Waals surface area contributed by atoms with Gasteiger partial charge < -0.3 is 14.6 Å². The van der Waals surface area contributed by atoms with Crippen LogP contribution >= 0.6 is 0 Å². The van der Waals surface area contributed by atoms with E-state index in [1.807, 2.05) is 37.3 Å². The highest BCUT2D eigenvalue weighted by atomic mass is 16.5. The SMILES string of the molecule is Cc1cccc(C(=O)NCCc2nc3ccccc3n2CCCCOc2cc(C)ccc2C(C)C)c1. The van der Waals surface area contributed by atoms with E-state index in [-0.39, 0.29) is 5.91 Å². The van der Waals surface area contributed by atoms with Crippen LogP contribution in [-0.4, -0.2) is 28.6 Å². The summed E-state index contributed by atoms with van der Waals surface area (Å²) in [7, 11) is 0. The highest BCUT2D eigenvalue weighted by molar-refractivity contribution is 5.94. The molecule has 0 atom stereocenters. The van der Waals surface area contributed by atoms with Gasteiger partial charge in [-0.2, -0.15) is 0 Å². The fourth-order valence-electron chi connectivity index (χ4n) is 4.54. The van der Waals surface area contributed by atoms with Crippen molar-refractivity contribution in [1.29, 1.82) is 0 Å². The standard InChI is InChI=1S/C31H37N3O2/c1-22(2)26-15-14-24(4)21-29(26)36-19-8-7-18-34-28-13-6-5-12-27(28)33-30(34)16-17-32-31(35)25-11-9-10-23(3)20-25/h5-6,9-15,20-22H,7-8,16-19H2,1-4H3,(H,32,35). The zero-order chi connectivity index (χ0) is 25.5. The number of unbranched alkanes of at least 4 members (excludes halogenated alkanes) is 1. The van der Waals surface area contributed by atoms with Crippen molar-refractivity contribution in [3.63, 3.8) is 0 Å². The maximum absolute atomic E-state index is 12.5. The molecule has 0 saturated heterocycles. The number of nitrogens with zero attached hydrogens (tertiary/aromatic N) is 2. The molecule has 0 aliphatic rings. The van der Waals surface area contributed by atoms with E-state index in [0.717, 1.165) is 47.6 Å². The zero-order valence-electron chi connectivity index (χ0n) is 21.9. The number of fused-ring (bicyclic) bond motifs is 1. The topological polar surface area (TPSA) is 56.2 Å². The van der Waals surface area contributed by atoms with Crippen LogP contribution in [0, 0.1) is 13.8 Å². The van der Waals surface area contributed by atoms with Crippen LogP contribution in [0.5, 0.6) is 5.75 Å². The van der Waals surface area contributed by atoms with Crippen molar-refractivity contribution in [2.45, 2.75) is 59.4 Å². The number of rotatable bonds is 11.